The standard InChI is InChI=1S/C14H12ClNO/c1-9-5-11(7-12(15)6-9)14(17)13-8-16-4-3-10(13)2/h3-8H,1-2H3. The molecule has 0 aliphatic carbocycles. The fourth-order valence-electron chi connectivity index (χ4n) is 1.72. The number of nitrogens with zero attached hydrogens (tertiary/aromatic N) is 1. The molecule has 2 rings (SSSR count). The number of rotatable bonds is 2. The van der Waals surface area contributed by atoms with Gasteiger partial charge in [0.1, 0.15) is 0 Å². The summed E-state index contributed by atoms with van der Waals surface area (Å²) in [4.78, 5) is 16.3. The molecule has 1 heterocycles. The smallest absolute Gasteiger partial charge is 0.194 e. The molecule has 2 aromatic rings. The van der Waals surface area contributed by atoms with Crippen molar-refractivity contribution in [3.05, 3.63) is 63.9 Å². The number of carbonyl (C=O) groups is 1. The van der Waals surface area contributed by atoms with Gasteiger partial charge in [0.2, 0.25) is 0 Å². The highest BCUT2D eigenvalue weighted by atomic mass is 35.5. The SMILES string of the molecule is Cc1cc(Cl)cc(C(=O)c2cnccc2C)c1. The van der Waals surface area contributed by atoms with Crippen molar-refractivity contribution < 1.29 is 4.79 Å². The monoisotopic (exact) mass is 245 g/mol. The van der Waals surface area contributed by atoms with Crippen LogP contribution in [-0.2, 0) is 0 Å². The Hall–Kier alpha value is -1.67. The number of benzene rings is 1. The first kappa shape index (κ1) is 11.8. The van der Waals surface area contributed by atoms with Crippen LogP contribution in [0.5, 0.6) is 0 Å². The highest BCUT2D eigenvalue weighted by molar-refractivity contribution is 6.31. The summed E-state index contributed by atoms with van der Waals surface area (Å²) >= 11 is 5.95. The number of halogens is 1. The van der Waals surface area contributed by atoms with Gasteiger partial charge in [-0.1, -0.05) is 11.6 Å². The minimum atomic E-state index is -0.0406. The zero-order valence-corrected chi connectivity index (χ0v) is 10.5. The van der Waals surface area contributed by atoms with Crippen molar-refractivity contribution >= 4 is 17.4 Å². The van der Waals surface area contributed by atoms with Gasteiger partial charge < -0.3 is 0 Å². The normalized spacial score (nSPS) is 10.3. The first-order chi connectivity index (χ1) is 8.08. The van der Waals surface area contributed by atoms with Gasteiger partial charge in [-0.2, -0.15) is 0 Å². The molecule has 1 aromatic heterocycles. The second kappa shape index (κ2) is 4.68. The number of aryl methyl sites for hydroxylation is 2. The Balaban J connectivity index is 2.48. The van der Waals surface area contributed by atoms with Crippen LogP contribution in [0.3, 0.4) is 0 Å². The predicted octanol–water partition coefficient (Wildman–Crippen LogP) is 3.58. The summed E-state index contributed by atoms with van der Waals surface area (Å²) in [6, 6.07) is 7.17. The third kappa shape index (κ3) is 2.53. The lowest BCUT2D eigenvalue weighted by molar-refractivity contribution is 0.103. The van der Waals surface area contributed by atoms with Crippen LogP contribution in [0, 0.1) is 13.8 Å². The molecule has 0 bridgehead atoms. The molecular formula is C14H12ClNO. The molecule has 0 atom stereocenters. The maximum absolute atomic E-state index is 12.3. The van der Waals surface area contributed by atoms with Crippen LogP contribution in [0.15, 0.2) is 36.7 Å². The average Bonchev–Trinajstić information content (AvgIpc) is 2.27. The van der Waals surface area contributed by atoms with Gasteiger partial charge in [0, 0.05) is 28.5 Å². The van der Waals surface area contributed by atoms with Crippen LogP contribution in [0.1, 0.15) is 27.0 Å². The predicted molar refractivity (Wildman–Crippen MR) is 68.6 cm³/mol. The van der Waals surface area contributed by atoms with Gasteiger partial charge in [-0.15, -0.1) is 0 Å². The number of carbonyl (C=O) groups excluding carboxylic acids is 1. The molecule has 0 amide bonds. The van der Waals surface area contributed by atoms with E-state index in [1.165, 1.54) is 0 Å². The molecule has 0 fully saturated rings. The average molecular weight is 246 g/mol. The largest absolute Gasteiger partial charge is 0.289 e. The Bertz CT molecular complexity index is 558. The van der Waals surface area contributed by atoms with Gasteiger partial charge in [-0.25, -0.2) is 0 Å². The van der Waals surface area contributed by atoms with E-state index in [-0.39, 0.29) is 5.78 Å². The molecule has 2 nitrogen and oxygen atoms in total. The Morgan fingerprint density at radius 3 is 2.65 bits per heavy atom. The van der Waals surface area contributed by atoms with E-state index in [4.69, 9.17) is 11.6 Å². The Morgan fingerprint density at radius 1 is 1.24 bits per heavy atom. The van der Waals surface area contributed by atoms with E-state index in [0.717, 1.165) is 11.1 Å². The number of pyridine rings is 1. The first-order valence-corrected chi connectivity index (χ1v) is 5.68. The topological polar surface area (TPSA) is 30.0 Å². The van der Waals surface area contributed by atoms with Crippen molar-refractivity contribution in [1.82, 2.24) is 4.98 Å². The molecule has 0 aliphatic rings. The highest BCUT2D eigenvalue weighted by Gasteiger charge is 2.12. The van der Waals surface area contributed by atoms with Crippen LogP contribution in [0.2, 0.25) is 5.02 Å². The molecule has 0 spiro atoms. The molecule has 0 radical (unpaired) electrons. The van der Waals surface area contributed by atoms with E-state index in [9.17, 15) is 4.79 Å². The fourth-order valence-corrected chi connectivity index (χ4v) is 2.01. The van der Waals surface area contributed by atoms with Crippen molar-refractivity contribution in [1.29, 1.82) is 0 Å². The molecule has 0 unspecified atom stereocenters. The van der Waals surface area contributed by atoms with E-state index >= 15 is 0 Å². The lowest BCUT2D eigenvalue weighted by atomic mass is 10.00. The second-order valence-electron chi connectivity index (χ2n) is 4.04. The molecule has 3 heteroatoms. The van der Waals surface area contributed by atoms with Crippen LogP contribution in [0.25, 0.3) is 0 Å². The van der Waals surface area contributed by atoms with Gasteiger partial charge in [-0.05, 0) is 49.2 Å². The summed E-state index contributed by atoms with van der Waals surface area (Å²) in [5.41, 5.74) is 3.12. The summed E-state index contributed by atoms with van der Waals surface area (Å²) in [7, 11) is 0. The van der Waals surface area contributed by atoms with Gasteiger partial charge in [0.15, 0.2) is 5.78 Å². The van der Waals surface area contributed by atoms with Crippen LogP contribution in [0.4, 0.5) is 0 Å². The van der Waals surface area contributed by atoms with Crippen LogP contribution < -0.4 is 0 Å². The van der Waals surface area contributed by atoms with E-state index in [2.05, 4.69) is 4.98 Å². The Kier molecular flexibility index (Phi) is 3.25. The third-order valence-electron chi connectivity index (χ3n) is 2.59. The zero-order valence-electron chi connectivity index (χ0n) is 9.70. The molecule has 0 N–H and O–H groups in total. The second-order valence-corrected chi connectivity index (χ2v) is 4.47. The van der Waals surface area contributed by atoms with Gasteiger partial charge >= 0.3 is 0 Å². The molecular weight excluding hydrogens is 234 g/mol. The summed E-state index contributed by atoms with van der Waals surface area (Å²) in [6.45, 7) is 3.81. The van der Waals surface area contributed by atoms with Crippen molar-refractivity contribution in [2.75, 3.05) is 0 Å². The third-order valence-corrected chi connectivity index (χ3v) is 2.81. The van der Waals surface area contributed by atoms with Crippen LogP contribution in [-0.4, -0.2) is 10.8 Å². The van der Waals surface area contributed by atoms with Gasteiger partial charge in [0.25, 0.3) is 0 Å². The summed E-state index contributed by atoms with van der Waals surface area (Å²) in [5, 5.41) is 0.579. The molecule has 17 heavy (non-hydrogen) atoms. The van der Waals surface area contributed by atoms with Crippen molar-refractivity contribution in [2.24, 2.45) is 0 Å². The molecule has 0 aliphatic heterocycles. The van der Waals surface area contributed by atoms with Crippen LogP contribution >= 0.6 is 11.6 Å². The first-order valence-electron chi connectivity index (χ1n) is 5.30. The summed E-state index contributed by atoms with van der Waals surface area (Å²) in [5.74, 6) is -0.0406. The van der Waals surface area contributed by atoms with E-state index < -0.39 is 0 Å². The Morgan fingerprint density at radius 2 is 2.00 bits per heavy atom. The van der Waals surface area contributed by atoms with E-state index in [1.54, 1.807) is 18.5 Å². The van der Waals surface area contributed by atoms with Gasteiger partial charge in [0.05, 0.1) is 0 Å². The van der Waals surface area contributed by atoms with E-state index in [1.807, 2.05) is 32.0 Å². The molecule has 86 valence electrons. The number of aromatic nitrogens is 1. The minimum Gasteiger partial charge on any atom is -0.289 e. The molecule has 0 saturated heterocycles. The van der Waals surface area contributed by atoms with Crippen molar-refractivity contribution in [3.8, 4) is 0 Å². The zero-order chi connectivity index (χ0) is 12.4. The minimum absolute atomic E-state index is 0.0406. The molecule has 1 aromatic carbocycles. The fraction of sp³-hybridized carbons (Fsp3) is 0.143. The molecule has 0 saturated carbocycles. The van der Waals surface area contributed by atoms with Crippen molar-refractivity contribution in [3.63, 3.8) is 0 Å². The summed E-state index contributed by atoms with van der Waals surface area (Å²) in [6.07, 6.45) is 3.27. The lowest BCUT2D eigenvalue weighted by Gasteiger charge is -2.05. The lowest BCUT2D eigenvalue weighted by Crippen LogP contribution is -2.04. The highest BCUT2D eigenvalue weighted by Crippen LogP contribution is 2.18. The number of ketones is 1. The quantitative estimate of drug-likeness (QED) is 0.757. The van der Waals surface area contributed by atoms with E-state index in [0.29, 0.717) is 16.1 Å². The maximum Gasteiger partial charge on any atom is 0.194 e. The number of hydrogen-bond donors (Lipinski definition) is 0. The maximum atomic E-state index is 12.3. The van der Waals surface area contributed by atoms with Crippen molar-refractivity contribution in [2.45, 2.75) is 13.8 Å². The number of hydrogen-bond acceptors (Lipinski definition) is 2. The summed E-state index contributed by atoms with van der Waals surface area (Å²) < 4.78 is 0. The Labute approximate surface area is 105 Å². The van der Waals surface area contributed by atoms with Gasteiger partial charge in [-0.3, -0.25) is 9.78 Å².